The van der Waals surface area contributed by atoms with Crippen LogP contribution >= 0.6 is 0 Å². The van der Waals surface area contributed by atoms with E-state index < -0.39 is 0 Å². The third-order valence-electron chi connectivity index (χ3n) is 3.71. The Labute approximate surface area is 185 Å². The molecule has 0 fully saturated rings. The second kappa shape index (κ2) is 21.2. The van der Waals surface area contributed by atoms with E-state index in [0.29, 0.717) is 17.8 Å². The van der Waals surface area contributed by atoms with E-state index in [1.165, 1.54) is 16.7 Å². The number of rotatable bonds is 3. The van der Waals surface area contributed by atoms with Gasteiger partial charge in [0.25, 0.3) is 0 Å². The smallest absolute Gasteiger partial charge is 0.0219 e. The van der Waals surface area contributed by atoms with Crippen molar-refractivity contribution in [2.75, 3.05) is 0 Å². The minimum absolute atomic E-state index is 0.642. The Morgan fingerprint density at radius 1 is 0.414 bits per heavy atom. The molecule has 168 valence electrons. The molecule has 0 unspecified atom stereocenters. The van der Waals surface area contributed by atoms with Crippen molar-refractivity contribution in [3.05, 3.63) is 71.3 Å². The van der Waals surface area contributed by atoms with Gasteiger partial charge in [-0.15, -0.1) is 0 Å². The number of hydrogen-bond acceptors (Lipinski definition) is 0. The Morgan fingerprint density at radius 2 is 0.690 bits per heavy atom. The zero-order valence-corrected chi connectivity index (χ0v) is 22.0. The van der Waals surface area contributed by atoms with Gasteiger partial charge in [-0.05, 0) is 40.4 Å². The summed E-state index contributed by atoms with van der Waals surface area (Å²) in [6, 6.07) is 19.4. The second-order valence-corrected chi connectivity index (χ2v) is 8.28. The molecule has 0 N–H and O–H groups in total. The van der Waals surface area contributed by atoms with E-state index in [2.05, 4.69) is 111 Å². The molecule has 0 radical (unpaired) electrons. The Bertz CT molecular complexity index is 521. The predicted molar refractivity (Wildman–Crippen MR) is 138 cm³/mol. The van der Waals surface area contributed by atoms with Gasteiger partial charge in [0, 0.05) is 0 Å². The summed E-state index contributed by atoms with van der Waals surface area (Å²) in [7, 11) is 0. The molecule has 2 aromatic carbocycles. The summed E-state index contributed by atoms with van der Waals surface area (Å²) in [5, 5.41) is 0. The molecule has 0 aliphatic rings. The SMILES string of the molecule is CC.CC.CC(C)C.CC(C)c1cccc(C(C)C)c1.CC(C)c1ccccc1. The Morgan fingerprint density at radius 3 is 0.931 bits per heavy atom. The maximum atomic E-state index is 2.31. The van der Waals surface area contributed by atoms with Gasteiger partial charge < -0.3 is 0 Å². The zero-order valence-electron chi connectivity index (χ0n) is 22.0. The van der Waals surface area contributed by atoms with Crippen molar-refractivity contribution in [3.63, 3.8) is 0 Å². The summed E-state index contributed by atoms with van der Waals surface area (Å²) in [5.41, 5.74) is 4.31. The molecule has 0 saturated heterocycles. The van der Waals surface area contributed by atoms with E-state index >= 15 is 0 Å². The van der Waals surface area contributed by atoms with E-state index in [0.717, 1.165) is 5.92 Å². The fourth-order valence-corrected chi connectivity index (χ4v) is 2.12. The molecule has 2 rings (SSSR count). The van der Waals surface area contributed by atoms with Crippen molar-refractivity contribution < 1.29 is 0 Å². The molecule has 0 heterocycles. The summed E-state index contributed by atoms with van der Waals surface area (Å²) in [6.45, 7) is 27.8. The predicted octanol–water partition coefficient (Wildman–Crippen LogP) is 10.5. The lowest BCUT2D eigenvalue weighted by Gasteiger charge is -2.09. The third-order valence-corrected chi connectivity index (χ3v) is 3.71. The molecule has 0 atom stereocenters. The van der Waals surface area contributed by atoms with Crippen LogP contribution in [0.5, 0.6) is 0 Å². The molecular weight excluding hydrogens is 348 g/mol. The van der Waals surface area contributed by atoms with Crippen LogP contribution in [0.15, 0.2) is 54.6 Å². The second-order valence-electron chi connectivity index (χ2n) is 8.28. The molecule has 0 aliphatic heterocycles. The standard InChI is InChI=1S/C12H18.C9H12.C4H10.2C2H6/c1-9(2)11-6-5-7-12(8-11)10(3)4;1-8(2)9-6-4-3-5-7-9;1-4(2)3;2*1-2/h5-10H,1-4H3;3-8H,1-2H3;4H,1-3H3;2*1-2H3. The van der Waals surface area contributed by atoms with Crippen molar-refractivity contribution in [1.29, 1.82) is 0 Å². The summed E-state index contributed by atoms with van der Waals surface area (Å²) in [6.07, 6.45) is 0. The van der Waals surface area contributed by atoms with E-state index in [4.69, 9.17) is 0 Å². The number of hydrogen-bond donors (Lipinski definition) is 0. The first-order chi connectivity index (χ1) is 13.6. The fraction of sp³-hybridized carbons (Fsp3) is 0.586. The Hall–Kier alpha value is -1.56. The summed E-state index contributed by atoms with van der Waals surface area (Å²) in [5.74, 6) is 2.78. The average Bonchev–Trinajstić information content (AvgIpc) is 2.72. The highest BCUT2D eigenvalue weighted by Crippen LogP contribution is 2.20. The molecule has 29 heavy (non-hydrogen) atoms. The minimum Gasteiger partial charge on any atom is -0.0683 e. The van der Waals surface area contributed by atoms with E-state index in [9.17, 15) is 0 Å². The van der Waals surface area contributed by atoms with Crippen LogP contribution in [0.2, 0.25) is 0 Å². The first kappa shape index (κ1) is 32.1. The molecule has 0 aliphatic carbocycles. The van der Waals surface area contributed by atoms with Gasteiger partial charge >= 0.3 is 0 Å². The maximum absolute atomic E-state index is 2.31. The summed E-state index contributed by atoms with van der Waals surface area (Å²) < 4.78 is 0. The highest BCUT2D eigenvalue weighted by molar-refractivity contribution is 5.27. The molecule has 0 saturated carbocycles. The first-order valence-corrected chi connectivity index (χ1v) is 11.8. The zero-order chi connectivity index (χ0) is 23.4. The van der Waals surface area contributed by atoms with Crippen LogP contribution in [-0.2, 0) is 0 Å². The molecule has 0 bridgehead atoms. The quantitative estimate of drug-likeness (QED) is 0.480. The topological polar surface area (TPSA) is 0 Å². The molecule has 2 aromatic rings. The highest BCUT2D eigenvalue weighted by Gasteiger charge is 2.02. The van der Waals surface area contributed by atoms with Gasteiger partial charge in [-0.3, -0.25) is 0 Å². The van der Waals surface area contributed by atoms with Gasteiger partial charge in [0.2, 0.25) is 0 Å². The van der Waals surface area contributed by atoms with Crippen LogP contribution in [0.3, 0.4) is 0 Å². The van der Waals surface area contributed by atoms with E-state index in [1.807, 2.05) is 33.8 Å². The Balaban J connectivity index is -0.000000351. The monoisotopic (exact) mass is 400 g/mol. The van der Waals surface area contributed by atoms with Crippen molar-refractivity contribution in [2.24, 2.45) is 5.92 Å². The van der Waals surface area contributed by atoms with Gasteiger partial charge in [-0.25, -0.2) is 0 Å². The van der Waals surface area contributed by atoms with E-state index in [-0.39, 0.29) is 0 Å². The van der Waals surface area contributed by atoms with Crippen LogP contribution in [0.1, 0.15) is 124 Å². The van der Waals surface area contributed by atoms with Gasteiger partial charge in [-0.2, -0.15) is 0 Å². The van der Waals surface area contributed by atoms with Gasteiger partial charge in [-0.1, -0.05) is 145 Å². The summed E-state index contributed by atoms with van der Waals surface area (Å²) in [4.78, 5) is 0. The van der Waals surface area contributed by atoms with Crippen LogP contribution in [0.4, 0.5) is 0 Å². The van der Waals surface area contributed by atoms with Crippen molar-refractivity contribution >= 4 is 0 Å². The minimum atomic E-state index is 0.642. The summed E-state index contributed by atoms with van der Waals surface area (Å²) >= 11 is 0. The van der Waals surface area contributed by atoms with Gasteiger partial charge in [0.05, 0.1) is 0 Å². The number of benzene rings is 2. The van der Waals surface area contributed by atoms with Crippen LogP contribution in [-0.4, -0.2) is 0 Å². The van der Waals surface area contributed by atoms with E-state index in [1.54, 1.807) is 0 Å². The molecule has 0 nitrogen and oxygen atoms in total. The largest absolute Gasteiger partial charge is 0.0683 e. The van der Waals surface area contributed by atoms with Gasteiger partial charge in [0.15, 0.2) is 0 Å². The molecule has 0 amide bonds. The lowest BCUT2D eigenvalue weighted by molar-refractivity contribution is 0.737. The molecule has 0 aromatic heterocycles. The van der Waals surface area contributed by atoms with Crippen LogP contribution < -0.4 is 0 Å². The normalized spacial score (nSPS) is 9.41. The Kier molecular flexibility index (Phi) is 23.4. The van der Waals surface area contributed by atoms with Gasteiger partial charge in [0.1, 0.15) is 0 Å². The third kappa shape index (κ3) is 19.5. The van der Waals surface area contributed by atoms with Crippen molar-refractivity contribution in [3.8, 4) is 0 Å². The lowest BCUT2D eigenvalue weighted by atomic mass is 9.96. The molecule has 0 spiro atoms. The lowest BCUT2D eigenvalue weighted by Crippen LogP contribution is -1.91. The average molecular weight is 401 g/mol. The highest BCUT2D eigenvalue weighted by atomic mass is 14.1. The van der Waals surface area contributed by atoms with Crippen LogP contribution in [0.25, 0.3) is 0 Å². The fourth-order valence-electron chi connectivity index (χ4n) is 2.12. The maximum Gasteiger partial charge on any atom is -0.0219 e. The van der Waals surface area contributed by atoms with Crippen molar-refractivity contribution in [2.45, 2.75) is 108 Å². The molecular formula is C29H52. The van der Waals surface area contributed by atoms with Crippen molar-refractivity contribution in [1.82, 2.24) is 0 Å². The first-order valence-electron chi connectivity index (χ1n) is 11.8. The van der Waals surface area contributed by atoms with Crippen LogP contribution in [0, 0.1) is 5.92 Å². The molecule has 0 heteroatoms.